The van der Waals surface area contributed by atoms with Crippen LogP contribution in [0.25, 0.3) is 0 Å². The van der Waals surface area contributed by atoms with Crippen molar-refractivity contribution in [3.63, 3.8) is 0 Å². The second-order valence-electron chi connectivity index (χ2n) is 11.8. The van der Waals surface area contributed by atoms with Crippen molar-refractivity contribution in [2.45, 2.75) is 44.9 Å². The first-order valence-corrected chi connectivity index (χ1v) is 18.0. The Morgan fingerprint density at radius 1 is 0.731 bits per heavy atom. The minimum Gasteiger partial charge on any atom is -0.378 e. The molecule has 0 aliphatic heterocycles. The van der Waals surface area contributed by atoms with E-state index in [1.807, 2.05) is 91.0 Å². The van der Waals surface area contributed by atoms with Gasteiger partial charge in [0.1, 0.15) is 11.8 Å². The van der Waals surface area contributed by atoms with Gasteiger partial charge in [0.25, 0.3) is 11.5 Å². The molecule has 0 saturated carbocycles. The third-order valence-electron chi connectivity index (χ3n) is 8.04. The highest BCUT2D eigenvalue weighted by Gasteiger charge is 2.42. The first kappa shape index (κ1) is 36.2. The summed E-state index contributed by atoms with van der Waals surface area (Å²) in [5.41, 5.74) is 1.15. The highest BCUT2D eigenvalue weighted by atomic mass is 31.2. The molecule has 4 aromatic carbocycles. The number of benzene rings is 4. The molecule has 0 radical (unpaired) electrons. The number of hydrogen-bond donors (Lipinski definition) is 1. The van der Waals surface area contributed by atoms with Crippen molar-refractivity contribution in [2.75, 3.05) is 0 Å². The summed E-state index contributed by atoms with van der Waals surface area (Å²) in [6.45, 7) is -0.375. The lowest BCUT2D eigenvalue weighted by Crippen LogP contribution is -2.43. The fraction of sp³-hybridized carbons (Fsp3) is 0.184. The Bertz CT molecular complexity index is 2180. The number of aliphatic hydroxyl groups excluding tert-OH is 1. The average Bonchev–Trinajstić information content (AvgIpc) is 3.63. The minimum atomic E-state index is -4.30. The lowest BCUT2D eigenvalue weighted by atomic mass is 10.2. The van der Waals surface area contributed by atoms with Gasteiger partial charge in [-0.3, -0.25) is 18.7 Å². The maximum atomic E-state index is 14.5. The van der Waals surface area contributed by atoms with Crippen molar-refractivity contribution < 1.29 is 28.3 Å². The highest BCUT2D eigenvalue weighted by Crippen LogP contribution is 2.55. The van der Waals surface area contributed by atoms with Gasteiger partial charge >= 0.3 is 13.3 Å². The number of carbonyl (C=O) groups excluding carboxylic acids is 1. The smallest absolute Gasteiger partial charge is 0.362 e. The zero-order valence-corrected chi connectivity index (χ0v) is 28.9. The van der Waals surface area contributed by atoms with Gasteiger partial charge in [-0.15, -0.1) is 5.10 Å². The highest BCUT2D eigenvalue weighted by molar-refractivity contribution is 7.54. The van der Waals surface area contributed by atoms with E-state index in [1.54, 1.807) is 18.2 Å². The van der Waals surface area contributed by atoms with Crippen LogP contribution in [0.2, 0.25) is 0 Å². The Morgan fingerprint density at radius 3 is 1.81 bits per heavy atom. The molecule has 0 saturated heterocycles. The molecule has 6 aromatic rings. The summed E-state index contributed by atoms with van der Waals surface area (Å²) in [6.07, 6.45) is 1.63. The van der Waals surface area contributed by atoms with Crippen LogP contribution in [0.15, 0.2) is 149 Å². The van der Waals surface area contributed by atoms with Crippen molar-refractivity contribution >= 4 is 13.5 Å². The van der Waals surface area contributed by atoms with E-state index in [2.05, 4.69) is 10.3 Å². The van der Waals surface area contributed by atoms with Crippen LogP contribution in [0.1, 0.15) is 32.7 Å². The zero-order chi connectivity index (χ0) is 36.3. The third-order valence-corrected chi connectivity index (χ3v) is 9.99. The van der Waals surface area contributed by atoms with Gasteiger partial charge in [-0.05, 0) is 28.8 Å². The first-order chi connectivity index (χ1) is 25.3. The van der Waals surface area contributed by atoms with Crippen molar-refractivity contribution in [1.29, 1.82) is 0 Å². The molecule has 0 spiro atoms. The van der Waals surface area contributed by atoms with E-state index in [4.69, 9.17) is 13.8 Å². The van der Waals surface area contributed by atoms with Gasteiger partial charge in [-0.1, -0.05) is 114 Å². The van der Waals surface area contributed by atoms with Gasteiger partial charge in [0.2, 0.25) is 0 Å². The standard InChI is InChI=1S/C38H36N5O8P/c44-35-21-22-41(38(47)43(35)36(45)32-19-11-4-12-20-32)23-33-24-42(40-39-33)25-34(49-26-29-13-5-1-6-14-29)37(46)52(48,50-27-30-15-7-2-8-16-30)51-28-31-17-9-3-10-18-31/h1-22,24,34,37,46H,23,25-28H2/t34-,37+/m0/s1. The molecule has 1 N–H and O–H groups in total. The number of hydrogen-bond acceptors (Lipinski definition) is 10. The Labute approximate surface area is 298 Å². The molecule has 52 heavy (non-hydrogen) atoms. The zero-order valence-electron chi connectivity index (χ0n) is 28.0. The van der Waals surface area contributed by atoms with Crippen LogP contribution in [0, 0.1) is 0 Å². The van der Waals surface area contributed by atoms with E-state index in [-0.39, 0.29) is 38.5 Å². The summed E-state index contributed by atoms with van der Waals surface area (Å²) < 4.78 is 35.6. The predicted molar refractivity (Wildman–Crippen MR) is 191 cm³/mol. The summed E-state index contributed by atoms with van der Waals surface area (Å²) in [5, 5.41) is 20.1. The minimum absolute atomic E-state index is 0.0634. The topological polar surface area (TPSA) is 157 Å². The molecular formula is C38H36N5O8P. The quantitative estimate of drug-likeness (QED) is 0.137. The second kappa shape index (κ2) is 17.1. The maximum Gasteiger partial charge on any atom is 0.362 e. The molecule has 14 heteroatoms. The molecule has 2 heterocycles. The van der Waals surface area contributed by atoms with Crippen molar-refractivity contribution in [2.24, 2.45) is 0 Å². The van der Waals surface area contributed by atoms with Gasteiger partial charge in [0.05, 0.1) is 39.1 Å². The Balaban J connectivity index is 1.24. The van der Waals surface area contributed by atoms with Gasteiger partial charge in [0.15, 0.2) is 5.85 Å². The van der Waals surface area contributed by atoms with Crippen LogP contribution in [-0.4, -0.2) is 47.1 Å². The molecule has 13 nitrogen and oxygen atoms in total. The Hall–Kier alpha value is -5.56. The monoisotopic (exact) mass is 721 g/mol. The molecule has 0 amide bonds. The van der Waals surface area contributed by atoms with Gasteiger partial charge in [-0.25, -0.2) is 9.48 Å². The first-order valence-electron chi connectivity index (χ1n) is 16.4. The average molecular weight is 722 g/mol. The summed E-state index contributed by atoms with van der Waals surface area (Å²) in [7, 11) is -4.30. The molecule has 266 valence electrons. The predicted octanol–water partition coefficient (Wildman–Crippen LogP) is 4.87. The van der Waals surface area contributed by atoms with Crippen LogP contribution in [0.3, 0.4) is 0 Å². The molecule has 2 atom stereocenters. The van der Waals surface area contributed by atoms with Gasteiger partial charge < -0.3 is 18.9 Å². The number of ether oxygens (including phenoxy) is 1. The van der Waals surface area contributed by atoms with Crippen LogP contribution < -0.4 is 11.2 Å². The largest absolute Gasteiger partial charge is 0.378 e. The van der Waals surface area contributed by atoms with E-state index in [0.717, 1.165) is 27.3 Å². The van der Waals surface area contributed by atoms with Gasteiger partial charge in [-0.2, -0.15) is 4.57 Å². The Kier molecular flexibility index (Phi) is 11.9. The maximum absolute atomic E-state index is 14.5. The van der Waals surface area contributed by atoms with E-state index >= 15 is 0 Å². The number of nitrogens with zero attached hydrogens (tertiary/aromatic N) is 5. The molecule has 0 unspecified atom stereocenters. The normalized spacial score (nSPS) is 12.7. The number of carbonyl (C=O) groups is 1. The van der Waals surface area contributed by atoms with Gasteiger partial charge in [0, 0.05) is 17.8 Å². The molecule has 0 aliphatic carbocycles. The number of aromatic nitrogens is 5. The Morgan fingerprint density at radius 2 is 1.25 bits per heavy atom. The van der Waals surface area contributed by atoms with E-state index < -0.39 is 36.7 Å². The van der Waals surface area contributed by atoms with E-state index in [9.17, 15) is 24.1 Å². The lowest BCUT2D eigenvalue weighted by Gasteiger charge is -2.29. The van der Waals surface area contributed by atoms with E-state index in [0.29, 0.717) is 10.3 Å². The number of aliphatic hydroxyl groups is 1. The molecular weight excluding hydrogens is 685 g/mol. The summed E-state index contributed by atoms with van der Waals surface area (Å²) >= 11 is 0. The molecule has 0 aliphatic rings. The van der Waals surface area contributed by atoms with Crippen molar-refractivity contribution in [1.82, 2.24) is 24.1 Å². The lowest BCUT2D eigenvalue weighted by molar-refractivity contribution is -0.0384. The summed E-state index contributed by atoms with van der Waals surface area (Å²) in [6, 6.07) is 36.6. The van der Waals surface area contributed by atoms with Crippen molar-refractivity contribution in [3.8, 4) is 0 Å². The molecule has 2 aromatic heterocycles. The van der Waals surface area contributed by atoms with Crippen molar-refractivity contribution in [3.05, 3.63) is 189 Å². The van der Waals surface area contributed by atoms with Crippen LogP contribution in [0.5, 0.6) is 0 Å². The van der Waals surface area contributed by atoms with Crippen LogP contribution >= 0.6 is 7.60 Å². The number of rotatable bonds is 16. The van der Waals surface area contributed by atoms with Crippen LogP contribution in [-0.2, 0) is 51.3 Å². The molecule has 6 rings (SSSR count). The van der Waals surface area contributed by atoms with E-state index in [1.165, 1.54) is 29.2 Å². The van der Waals surface area contributed by atoms with Crippen LogP contribution in [0.4, 0.5) is 0 Å². The summed E-state index contributed by atoms with van der Waals surface area (Å²) in [5.74, 6) is -2.51. The second-order valence-corrected chi connectivity index (χ2v) is 13.9. The summed E-state index contributed by atoms with van der Waals surface area (Å²) in [4.78, 5) is 38.9. The fourth-order valence-corrected chi connectivity index (χ4v) is 6.90. The third kappa shape index (κ3) is 9.21. The fourth-order valence-electron chi connectivity index (χ4n) is 5.27. The molecule has 0 bridgehead atoms. The SMILES string of the molecule is O=C(c1ccccc1)n1c(=O)ccn(Cc2cn(C[C@H](OCc3ccccc3)[C@H](O)P(=O)(OCc3ccccc3)OCc3ccccc3)nn2)c1=O. The molecule has 0 fully saturated rings.